The van der Waals surface area contributed by atoms with Gasteiger partial charge in [0.25, 0.3) is 0 Å². The molecule has 0 radical (unpaired) electrons. The summed E-state index contributed by atoms with van der Waals surface area (Å²) in [4.78, 5) is 22.6. The van der Waals surface area contributed by atoms with Crippen LogP contribution in [0.25, 0.3) is 0 Å². The molecule has 1 atom stereocenters. The first-order valence-corrected chi connectivity index (χ1v) is 6.90. The van der Waals surface area contributed by atoms with Gasteiger partial charge in [-0.2, -0.15) is 0 Å². The first-order chi connectivity index (χ1) is 9.43. The zero-order valence-corrected chi connectivity index (χ0v) is 13.7. The summed E-state index contributed by atoms with van der Waals surface area (Å²) >= 11 is 11.7. The van der Waals surface area contributed by atoms with E-state index in [1.807, 2.05) is 6.92 Å². The molecule has 1 rings (SSSR count). The fourth-order valence-corrected chi connectivity index (χ4v) is 2.06. The zero-order valence-electron chi connectivity index (χ0n) is 11.4. The van der Waals surface area contributed by atoms with Gasteiger partial charge in [0.1, 0.15) is 6.04 Å². The lowest BCUT2D eigenvalue weighted by molar-refractivity contribution is -0.139. The Morgan fingerprint density at radius 3 is 2.52 bits per heavy atom. The molecule has 0 saturated carbocycles. The monoisotopic (exact) mass is 354 g/mol. The van der Waals surface area contributed by atoms with Crippen molar-refractivity contribution in [2.24, 2.45) is 0 Å². The predicted octanol–water partition coefficient (Wildman–Crippen LogP) is 3.20. The first-order valence-electron chi connectivity index (χ1n) is 6.15. The van der Waals surface area contributed by atoms with E-state index in [4.69, 9.17) is 28.3 Å². The highest BCUT2D eigenvalue weighted by molar-refractivity contribution is 6.36. The van der Waals surface area contributed by atoms with Crippen molar-refractivity contribution < 1.29 is 14.7 Å². The maximum atomic E-state index is 11.7. The van der Waals surface area contributed by atoms with E-state index in [-0.39, 0.29) is 24.9 Å². The van der Waals surface area contributed by atoms with Crippen molar-refractivity contribution in [1.82, 2.24) is 5.32 Å². The summed E-state index contributed by atoms with van der Waals surface area (Å²) in [5.41, 5.74) is 0.435. The van der Waals surface area contributed by atoms with E-state index >= 15 is 0 Å². The van der Waals surface area contributed by atoms with Crippen molar-refractivity contribution in [3.05, 3.63) is 28.2 Å². The van der Waals surface area contributed by atoms with Crippen LogP contribution in [-0.4, -0.2) is 29.6 Å². The molecule has 118 valence electrons. The minimum absolute atomic E-state index is 0. The fraction of sp³-hybridized carbons (Fsp3) is 0.385. The Labute approximate surface area is 139 Å². The molecule has 1 unspecified atom stereocenters. The summed E-state index contributed by atoms with van der Waals surface area (Å²) in [5, 5.41) is 15.0. The third-order valence-electron chi connectivity index (χ3n) is 2.59. The highest BCUT2D eigenvalue weighted by Crippen LogP contribution is 2.25. The van der Waals surface area contributed by atoms with Gasteiger partial charge < -0.3 is 10.4 Å². The van der Waals surface area contributed by atoms with Gasteiger partial charge in [0, 0.05) is 5.02 Å². The van der Waals surface area contributed by atoms with Gasteiger partial charge in [-0.1, -0.05) is 36.5 Å². The quantitative estimate of drug-likeness (QED) is 0.702. The maximum absolute atomic E-state index is 11.7. The molecule has 0 spiro atoms. The standard InChI is InChI=1S/C13H16Cl2N2O3.ClH/c1-2-3-11(13(19)20)16-7-12(18)17-10-5-4-8(14)6-9(10)15;/h4-6,11,16H,2-3,7H2,1H3,(H,17,18)(H,19,20);1H. The summed E-state index contributed by atoms with van der Waals surface area (Å²) in [6.07, 6.45) is 1.18. The highest BCUT2D eigenvalue weighted by Gasteiger charge is 2.17. The van der Waals surface area contributed by atoms with Gasteiger partial charge in [0.05, 0.1) is 17.3 Å². The second kappa shape index (κ2) is 9.84. The SMILES string of the molecule is CCCC(NCC(=O)Nc1ccc(Cl)cc1Cl)C(=O)O.Cl. The van der Waals surface area contributed by atoms with Crippen LogP contribution in [0.5, 0.6) is 0 Å². The number of hydrogen-bond donors (Lipinski definition) is 3. The number of carbonyl (C=O) groups is 2. The third-order valence-corrected chi connectivity index (χ3v) is 3.14. The Balaban J connectivity index is 0.00000400. The van der Waals surface area contributed by atoms with Crippen LogP contribution in [0.3, 0.4) is 0 Å². The number of halogens is 3. The van der Waals surface area contributed by atoms with E-state index in [9.17, 15) is 9.59 Å². The van der Waals surface area contributed by atoms with Crippen LogP contribution in [0.1, 0.15) is 19.8 Å². The van der Waals surface area contributed by atoms with Crippen LogP contribution in [0.15, 0.2) is 18.2 Å². The number of anilines is 1. The van der Waals surface area contributed by atoms with E-state index in [0.29, 0.717) is 28.6 Å². The minimum Gasteiger partial charge on any atom is -0.480 e. The Kier molecular flexibility index (Phi) is 9.37. The number of nitrogens with one attached hydrogen (secondary N) is 2. The Bertz CT molecular complexity index is 498. The molecule has 0 aliphatic carbocycles. The summed E-state index contributed by atoms with van der Waals surface area (Å²) < 4.78 is 0. The van der Waals surface area contributed by atoms with Crippen LogP contribution in [0.2, 0.25) is 10.0 Å². The van der Waals surface area contributed by atoms with Crippen molar-refractivity contribution in [2.45, 2.75) is 25.8 Å². The molecule has 0 heterocycles. The molecule has 0 aromatic heterocycles. The Morgan fingerprint density at radius 2 is 2.00 bits per heavy atom. The molecule has 1 aromatic rings. The van der Waals surface area contributed by atoms with Gasteiger partial charge in [-0.25, -0.2) is 0 Å². The smallest absolute Gasteiger partial charge is 0.320 e. The van der Waals surface area contributed by atoms with Crippen molar-refractivity contribution >= 4 is 53.2 Å². The summed E-state index contributed by atoms with van der Waals surface area (Å²) in [7, 11) is 0. The summed E-state index contributed by atoms with van der Waals surface area (Å²) in [6.45, 7) is 1.78. The van der Waals surface area contributed by atoms with Gasteiger partial charge in [0.2, 0.25) is 5.91 Å². The van der Waals surface area contributed by atoms with E-state index < -0.39 is 12.0 Å². The number of aliphatic carboxylic acids is 1. The lowest BCUT2D eigenvalue weighted by Gasteiger charge is -2.13. The van der Waals surface area contributed by atoms with E-state index in [1.54, 1.807) is 12.1 Å². The number of hydrogen-bond acceptors (Lipinski definition) is 3. The van der Waals surface area contributed by atoms with Gasteiger partial charge >= 0.3 is 5.97 Å². The minimum atomic E-state index is -0.968. The average molecular weight is 356 g/mol. The fourth-order valence-electron chi connectivity index (χ4n) is 1.60. The predicted molar refractivity (Wildman–Crippen MR) is 86.7 cm³/mol. The molecule has 5 nitrogen and oxygen atoms in total. The highest BCUT2D eigenvalue weighted by atomic mass is 35.5. The summed E-state index contributed by atoms with van der Waals surface area (Å²) in [5.74, 6) is -1.33. The molecule has 0 bridgehead atoms. The van der Waals surface area contributed by atoms with Crippen LogP contribution in [-0.2, 0) is 9.59 Å². The van der Waals surface area contributed by atoms with Crippen molar-refractivity contribution in [3.63, 3.8) is 0 Å². The second-order valence-corrected chi connectivity index (χ2v) is 5.08. The van der Waals surface area contributed by atoms with Gasteiger partial charge in [-0.15, -0.1) is 12.4 Å². The molecule has 1 amide bonds. The lowest BCUT2D eigenvalue weighted by atomic mass is 10.2. The van der Waals surface area contributed by atoms with E-state index in [2.05, 4.69) is 10.6 Å². The lowest BCUT2D eigenvalue weighted by Crippen LogP contribution is -2.41. The Hall–Kier alpha value is -1.01. The third kappa shape index (κ3) is 7.00. The zero-order chi connectivity index (χ0) is 15.1. The molecule has 0 fully saturated rings. The maximum Gasteiger partial charge on any atom is 0.320 e. The molecule has 0 aliphatic rings. The first kappa shape index (κ1) is 20.0. The number of benzene rings is 1. The van der Waals surface area contributed by atoms with E-state index in [0.717, 1.165) is 0 Å². The largest absolute Gasteiger partial charge is 0.480 e. The molecule has 8 heteroatoms. The average Bonchev–Trinajstić information content (AvgIpc) is 2.37. The van der Waals surface area contributed by atoms with Crippen LogP contribution >= 0.6 is 35.6 Å². The number of carboxylic acids is 1. The number of amides is 1. The van der Waals surface area contributed by atoms with Crippen molar-refractivity contribution in [2.75, 3.05) is 11.9 Å². The molecule has 0 aliphatic heterocycles. The van der Waals surface area contributed by atoms with E-state index in [1.165, 1.54) is 6.07 Å². The topological polar surface area (TPSA) is 78.4 Å². The number of rotatable bonds is 7. The van der Waals surface area contributed by atoms with Crippen molar-refractivity contribution in [1.29, 1.82) is 0 Å². The van der Waals surface area contributed by atoms with Gasteiger partial charge in [0.15, 0.2) is 0 Å². The second-order valence-electron chi connectivity index (χ2n) is 4.23. The van der Waals surface area contributed by atoms with Gasteiger partial charge in [-0.3, -0.25) is 14.9 Å². The van der Waals surface area contributed by atoms with Crippen LogP contribution < -0.4 is 10.6 Å². The van der Waals surface area contributed by atoms with Gasteiger partial charge in [-0.05, 0) is 24.6 Å². The van der Waals surface area contributed by atoms with Crippen LogP contribution in [0.4, 0.5) is 5.69 Å². The molecule has 1 aromatic carbocycles. The molecule has 0 saturated heterocycles. The van der Waals surface area contributed by atoms with Crippen LogP contribution in [0, 0.1) is 0 Å². The molecule has 21 heavy (non-hydrogen) atoms. The summed E-state index contributed by atoms with van der Waals surface area (Å²) in [6, 6.07) is 3.98. The molecular weight excluding hydrogens is 339 g/mol. The molecular formula is C13H17Cl3N2O3. The number of carboxylic acid groups (broad SMARTS) is 1. The molecule has 3 N–H and O–H groups in total. The van der Waals surface area contributed by atoms with Crippen molar-refractivity contribution in [3.8, 4) is 0 Å². The normalized spacial score (nSPS) is 11.4. The Morgan fingerprint density at radius 1 is 1.33 bits per heavy atom. The number of carbonyl (C=O) groups excluding carboxylic acids is 1.